The van der Waals surface area contributed by atoms with Crippen molar-refractivity contribution >= 4 is 21.9 Å². The highest BCUT2D eigenvalue weighted by Crippen LogP contribution is 2.23. The van der Waals surface area contributed by atoms with Gasteiger partial charge in [0.05, 0.1) is 0 Å². The van der Waals surface area contributed by atoms with Crippen LogP contribution in [0.5, 0.6) is 0 Å². The lowest BCUT2D eigenvalue weighted by Gasteiger charge is -2.29. The van der Waals surface area contributed by atoms with Crippen molar-refractivity contribution in [2.24, 2.45) is 5.92 Å². The van der Waals surface area contributed by atoms with Crippen molar-refractivity contribution < 1.29 is 31.5 Å². The number of hydrogen-bond acceptors (Lipinski definition) is 5. The second-order valence-electron chi connectivity index (χ2n) is 6.47. The van der Waals surface area contributed by atoms with Gasteiger partial charge in [0.1, 0.15) is 18.2 Å². The average molecular weight is 404 g/mol. The Labute approximate surface area is 156 Å². The van der Waals surface area contributed by atoms with Crippen molar-refractivity contribution in [1.82, 2.24) is 10.0 Å². The van der Waals surface area contributed by atoms with Crippen LogP contribution < -0.4 is 10.0 Å². The van der Waals surface area contributed by atoms with E-state index in [-0.39, 0.29) is 6.04 Å². The van der Waals surface area contributed by atoms with Gasteiger partial charge in [-0.1, -0.05) is 25.8 Å². The van der Waals surface area contributed by atoms with Crippen molar-refractivity contribution in [1.29, 1.82) is 0 Å². The summed E-state index contributed by atoms with van der Waals surface area (Å²) < 4.78 is 57.4. The third kappa shape index (κ3) is 5.96. The number of halogens is 2. The minimum Gasteiger partial charge on any atom is -0.455 e. The molecule has 1 fully saturated rings. The van der Waals surface area contributed by atoms with Crippen LogP contribution in [0.2, 0.25) is 0 Å². The summed E-state index contributed by atoms with van der Waals surface area (Å²) in [5.74, 6) is -3.75. The molecule has 0 spiro atoms. The lowest BCUT2D eigenvalue weighted by molar-refractivity contribution is -0.147. The highest BCUT2D eigenvalue weighted by Gasteiger charge is 2.25. The molecule has 1 aliphatic carbocycles. The van der Waals surface area contributed by atoms with Gasteiger partial charge < -0.3 is 10.1 Å². The molecule has 0 aromatic heterocycles. The Morgan fingerprint density at radius 2 is 1.81 bits per heavy atom. The van der Waals surface area contributed by atoms with Crippen LogP contribution in [-0.4, -0.2) is 39.5 Å². The summed E-state index contributed by atoms with van der Waals surface area (Å²) in [7, 11) is -4.59. The number of esters is 1. The first-order chi connectivity index (χ1) is 12.7. The first-order valence-electron chi connectivity index (χ1n) is 8.59. The number of carbonyl (C=O) groups is 2. The molecule has 2 atom stereocenters. The molecule has 1 aliphatic rings. The standard InChI is InChI=1S/C17H22F2N2O5S/c1-11-5-2-3-8-14(11)21-15(22)10-26-16(23)9-20-27(24,25)17-12(18)6-4-7-13(17)19/h4,6-7,11,14,20H,2-3,5,8-10H2,1H3,(H,21,22)/t11-,14+/m1/s1. The van der Waals surface area contributed by atoms with Gasteiger partial charge in [-0.3, -0.25) is 9.59 Å². The fraction of sp³-hybridized carbons (Fsp3) is 0.529. The Morgan fingerprint density at radius 1 is 1.19 bits per heavy atom. The van der Waals surface area contributed by atoms with Crippen LogP contribution in [-0.2, 0) is 24.3 Å². The van der Waals surface area contributed by atoms with Crippen LogP contribution in [0.15, 0.2) is 23.1 Å². The molecule has 2 rings (SSSR count). The van der Waals surface area contributed by atoms with Crippen molar-refractivity contribution in [2.75, 3.05) is 13.2 Å². The second kappa shape index (κ2) is 9.23. The van der Waals surface area contributed by atoms with E-state index in [2.05, 4.69) is 5.32 Å². The number of benzene rings is 1. The minimum atomic E-state index is -4.59. The van der Waals surface area contributed by atoms with Gasteiger partial charge in [-0.15, -0.1) is 0 Å². The predicted octanol–water partition coefficient (Wildman–Crippen LogP) is 1.48. The van der Waals surface area contributed by atoms with Crippen molar-refractivity contribution in [3.8, 4) is 0 Å². The first-order valence-corrected chi connectivity index (χ1v) is 10.1. The second-order valence-corrected chi connectivity index (χ2v) is 8.18. The van der Waals surface area contributed by atoms with E-state index < -0.39 is 51.6 Å². The monoisotopic (exact) mass is 404 g/mol. The summed E-state index contributed by atoms with van der Waals surface area (Å²) in [5.41, 5.74) is 0. The van der Waals surface area contributed by atoms with Gasteiger partial charge in [0.15, 0.2) is 11.5 Å². The maximum absolute atomic E-state index is 13.6. The molecule has 0 aliphatic heterocycles. The average Bonchev–Trinajstić information content (AvgIpc) is 2.60. The molecule has 0 radical (unpaired) electrons. The molecule has 2 N–H and O–H groups in total. The molecule has 27 heavy (non-hydrogen) atoms. The molecule has 0 bridgehead atoms. The maximum atomic E-state index is 13.6. The van der Waals surface area contributed by atoms with E-state index >= 15 is 0 Å². The lowest BCUT2D eigenvalue weighted by Crippen LogP contribution is -2.43. The summed E-state index contributed by atoms with van der Waals surface area (Å²) in [6, 6.07) is 2.61. The van der Waals surface area contributed by atoms with E-state index in [9.17, 15) is 26.8 Å². The molecule has 1 aromatic rings. The lowest BCUT2D eigenvalue weighted by atomic mass is 9.86. The van der Waals surface area contributed by atoms with E-state index in [1.54, 1.807) is 4.72 Å². The fourth-order valence-electron chi connectivity index (χ4n) is 2.94. The largest absolute Gasteiger partial charge is 0.455 e. The number of amides is 1. The number of carbonyl (C=O) groups excluding carboxylic acids is 2. The Morgan fingerprint density at radius 3 is 2.44 bits per heavy atom. The zero-order valence-electron chi connectivity index (χ0n) is 14.8. The zero-order chi connectivity index (χ0) is 20.0. The molecule has 1 saturated carbocycles. The van der Waals surface area contributed by atoms with E-state index in [0.29, 0.717) is 5.92 Å². The summed E-state index contributed by atoms with van der Waals surface area (Å²) in [6.07, 6.45) is 4.00. The van der Waals surface area contributed by atoms with Crippen molar-refractivity contribution in [2.45, 2.75) is 43.5 Å². The van der Waals surface area contributed by atoms with E-state index in [1.165, 1.54) is 0 Å². The molecule has 0 saturated heterocycles. The molecule has 1 amide bonds. The molecule has 0 unspecified atom stereocenters. The maximum Gasteiger partial charge on any atom is 0.321 e. The smallest absolute Gasteiger partial charge is 0.321 e. The number of ether oxygens (including phenoxy) is 1. The van der Waals surface area contributed by atoms with Crippen LogP contribution >= 0.6 is 0 Å². The Kier molecular flexibility index (Phi) is 7.25. The van der Waals surface area contributed by atoms with Crippen molar-refractivity contribution in [3.63, 3.8) is 0 Å². The molecular formula is C17H22F2N2O5S. The van der Waals surface area contributed by atoms with Crippen LogP contribution in [0.1, 0.15) is 32.6 Å². The van der Waals surface area contributed by atoms with Crippen LogP contribution in [0.4, 0.5) is 8.78 Å². The SMILES string of the molecule is C[C@@H]1CCCC[C@@H]1NC(=O)COC(=O)CNS(=O)(=O)c1c(F)cccc1F. The Hall–Kier alpha value is -2.07. The topological polar surface area (TPSA) is 102 Å². The number of hydrogen-bond donors (Lipinski definition) is 2. The number of nitrogens with one attached hydrogen (secondary N) is 2. The molecule has 150 valence electrons. The number of sulfonamides is 1. The Balaban J connectivity index is 1.81. The van der Waals surface area contributed by atoms with Gasteiger partial charge in [0.2, 0.25) is 10.0 Å². The van der Waals surface area contributed by atoms with Crippen LogP contribution in [0, 0.1) is 17.6 Å². The highest BCUT2D eigenvalue weighted by molar-refractivity contribution is 7.89. The highest BCUT2D eigenvalue weighted by atomic mass is 32.2. The van der Waals surface area contributed by atoms with Gasteiger partial charge in [0, 0.05) is 6.04 Å². The fourth-order valence-corrected chi connectivity index (χ4v) is 4.04. The summed E-state index contributed by atoms with van der Waals surface area (Å²) in [6.45, 7) is 0.619. The van der Waals surface area contributed by atoms with Crippen LogP contribution in [0.3, 0.4) is 0 Å². The normalized spacial score (nSPS) is 20.1. The zero-order valence-corrected chi connectivity index (χ0v) is 15.7. The predicted molar refractivity (Wildman–Crippen MR) is 92.1 cm³/mol. The third-order valence-electron chi connectivity index (χ3n) is 4.42. The first kappa shape index (κ1) is 21.2. The number of rotatable bonds is 7. The van der Waals surface area contributed by atoms with E-state index in [0.717, 1.165) is 43.9 Å². The van der Waals surface area contributed by atoms with Gasteiger partial charge >= 0.3 is 5.97 Å². The summed E-state index contributed by atoms with van der Waals surface area (Å²) in [5, 5.41) is 2.78. The van der Waals surface area contributed by atoms with E-state index in [4.69, 9.17) is 4.74 Å². The molecule has 10 heteroatoms. The third-order valence-corrected chi connectivity index (χ3v) is 5.87. The van der Waals surface area contributed by atoms with Gasteiger partial charge in [-0.2, -0.15) is 4.72 Å². The van der Waals surface area contributed by atoms with Gasteiger partial charge in [-0.05, 0) is 30.9 Å². The van der Waals surface area contributed by atoms with Gasteiger partial charge in [0.25, 0.3) is 5.91 Å². The van der Waals surface area contributed by atoms with E-state index in [1.807, 2.05) is 6.92 Å². The molecular weight excluding hydrogens is 382 g/mol. The summed E-state index contributed by atoms with van der Waals surface area (Å²) >= 11 is 0. The minimum absolute atomic E-state index is 0.0208. The quantitative estimate of drug-likeness (QED) is 0.671. The summed E-state index contributed by atoms with van der Waals surface area (Å²) in [4.78, 5) is 22.3. The van der Waals surface area contributed by atoms with Gasteiger partial charge in [-0.25, -0.2) is 17.2 Å². The molecule has 7 nitrogen and oxygen atoms in total. The van der Waals surface area contributed by atoms with Crippen LogP contribution in [0.25, 0.3) is 0 Å². The Bertz CT molecular complexity index is 780. The molecule has 0 heterocycles. The molecule has 1 aromatic carbocycles. The van der Waals surface area contributed by atoms with Crippen molar-refractivity contribution in [3.05, 3.63) is 29.8 Å².